The van der Waals surface area contributed by atoms with E-state index in [9.17, 15) is 13.2 Å². The van der Waals surface area contributed by atoms with Crippen LogP contribution in [0.25, 0.3) is 0 Å². The van der Waals surface area contributed by atoms with Gasteiger partial charge in [0.15, 0.2) is 0 Å². The van der Waals surface area contributed by atoms with Gasteiger partial charge in [0.05, 0.1) is 11.7 Å². The summed E-state index contributed by atoms with van der Waals surface area (Å²) in [4.78, 5) is 12.9. The highest BCUT2D eigenvalue weighted by atomic mass is 32.2. The smallest absolute Gasteiger partial charge is 0.308 e. The molecule has 1 saturated heterocycles. The zero-order valence-corrected chi connectivity index (χ0v) is 10.5. The summed E-state index contributed by atoms with van der Waals surface area (Å²) in [6.07, 6.45) is 1.80. The van der Waals surface area contributed by atoms with Crippen molar-refractivity contribution >= 4 is 15.8 Å². The van der Waals surface area contributed by atoms with Crippen LogP contribution in [0.5, 0.6) is 0 Å². The van der Waals surface area contributed by atoms with Crippen LogP contribution in [-0.4, -0.2) is 56.0 Å². The Morgan fingerprint density at radius 1 is 1.44 bits per heavy atom. The van der Waals surface area contributed by atoms with Crippen molar-refractivity contribution in [3.63, 3.8) is 0 Å². The highest BCUT2D eigenvalue weighted by Gasteiger charge is 2.34. The molecule has 5 nitrogen and oxygen atoms in total. The van der Waals surface area contributed by atoms with E-state index in [1.54, 1.807) is 0 Å². The number of likely N-dealkylation sites (tertiary alicyclic amines) is 1. The Bertz CT molecular complexity index is 352. The molecule has 0 aromatic rings. The van der Waals surface area contributed by atoms with Gasteiger partial charge in [-0.1, -0.05) is 6.92 Å². The van der Waals surface area contributed by atoms with E-state index in [0.29, 0.717) is 19.5 Å². The molecule has 0 aliphatic carbocycles. The zero-order valence-electron chi connectivity index (χ0n) is 9.72. The number of carboxylic acid groups (broad SMARTS) is 1. The Morgan fingerprint density at radius 2 is 2.06 bits per heavy atom. The van der Waals surface area contributed by atoms with E-state index < -0.39 is 15.8 Å². The normalized spacial score (nSPS) is 27.1. The maximum absolute atomic E-state index is 10.9. The molecule has 1 fully saturated rings. The van der Waals surface area contributed by atoms with Gasteiger partial charge < -0.3 is 10.0 Å². The van der Waals surface area contributed by atoms with Gasteiger partial charge in [0, 0.05) is 19.3 Å². The molecule has 0 spiro atoms. The van der Waals surface area contributed by atoms with E-state index in [4.69, 9.17) is 5.11 Å². The van der Waals surface area contributed by atoms with Gasteiger partial charge in [0.1, 0.15) is 9.84 Å². The van der Waals surface area contributed by atoms with E-state index in [1.807, 2.05) is 11.8 Å². The molecule has 1 rings (SSSR count). The van der Waals surface area contributed by atoms with Crippen molar-refractivity contribution in [3.05, 3.63) is 0 Å². The van der Waals surface area contributed by atoms with Crippen molar-refractivity contribution in [3.8, 4) is 0 Å². The number of hydrogen-bond acceptors (Lipinski definition) is 4. The second-order valence-electron chi connectivity index (χ2n) is 4.67. The lowest BCUT2D eigenvalue weighted by molar-refractivity contribution is -0.142. The average Bonchev–Trinajstić information content (AvgIpc) is 2.44. The van der Waals surface area contributed by atoms with Crippen molar-refractivity contribution in [2.24, 2.45) is 11.8 Å². The van der Waals surface area contributed by atoms with Crippen LogP contribution in [0.4, 0.5) is 0 Å². The predicted molar refractivity (Wildman–Crippen MR) is 61.1 cm³/mol. The third-order valence-corrected chi connectivity index (χ3v) is 4.02. The van der Waals surface area contributed by atoms with Gasteiger partial charge in [0.25, 0.3) is 0 Å². The first kappa shape index (κ1) is 13.4. The fourth-order valence-electron chi connectivity index (χ4n) is 2.12. The summed E-state index contributed by atoms with van der Waals surface area (Å²) in [5.41, 5.74) is 0. The van der Waals surface area contributed by atoms with E-state index >= 15 is 0 Å². The lowest BCUT2D eigenvalue weighted by Crippen LogP contribution is -2.25. The van der Waals surface area contributed by atoms with E-state index in [-0.39, 0.29) is 17.6 Å². The summed E-state index contributed by atoms with van der Waals surface area (Å²) in [6.45, 7) is 3.89. The highest BCUT2D eigenvalue weighted by molar-refractivity contribution is 7.90. The molecular formula is C10H19NO4S. The molecule has 0 amide bonds. The molecule has 0 radical (unpaired) electrons. The average molecular weight is 249 g/mol. The van der Waals surface area contributed by atoms with Crippen molar-refractivity contribution in [2.45, 2.75) is 13.3 Å². The van der Waals surface area contributed by atoms with Gasteiger partial charge in [-0.05, 0) is 18.9 Å². The maximum Gasteiger partial charge on any atom is 0.308 e. The quantitative estimate of drug-likeness (QED) is 0.746. The van der Waals surface area contributed by atoms with Crippen LogP contribution in [0, 0.1) is 11.8 Å². The Labute approximate surface area is 96.4 Å². The first-order valence-corrected chi connectivity index (χ1v) is 7.48. The van der Waals surface area contributed by atoms with Gasteiger partial charge in [-0.3, -0.25) is 4.79 Å². The molecule has 6 heteroatoms. The minimum absolute atomic E-state index is 0.149. The second kappa shape index (κ2) is 5.14. The fourth-order valence-corrected chi connectivity index (χ4v) is 2.78. The van der Waals surface area contributed by atoms with Crippen molar-refractivity contribution < 1.29 is 18.3 Å². The van der Waals surface area contributed by atoms with Gasteiger partial charge in [-0.15, -0.1) is 0 Å². The number of aliphatic carboxylic acids is 1. The fraction of sp³-hybridized carbons (Fsp3) is 0.900. The summed E-state index contributed by atoms with van der Waals surface area (Å²) in [6, 6.07) is 0. The number of carbonyl (C=O) groups is 1. The third-order valence-electron chi connectivity index (χ3n) is 2.99. The van der Waals surface area contributed by atoms with Gasteiger partial charge in [-0.2, -0.15) is 0 Å². The molecule has 0 aromatic heterocycles. The summed E-state index contributed by atoms with van der Waals surface area (Å²) < 4.78 is 21.9. The topological polar surface area (TPSA) is 74.7 Å². The molecule has 1 aliphatic heterocycles. The monoisotopic (exact) mass is 249 g/mol. The van der Waals surface area contributed by atoms with Crippen LogP contribution in [-0.2, 0) is 14.6 Å². The second-order valence-corrected chi connectivity index (χ2v) is 6.92. The lowest BCUT2D eigenvalue weighted by atomic mass is 9.99. The van der Waals surface area contributed by atoms with Crippen LogP contribution in [0.3, 0.4) is 0 Å². The number of hydrogen-bond donors (Lipinski definition) is 1. The van der Waals surface area contributed by atoms with Crippen molar-refractivity contribution in [2.75, 3.05) is 31.6 Å². The molecule has 0 bridgehead atoms. The lowest BCUT2D eigenvalue weighted by Gasteiger charge is -2.14. The van der Waals surface area contributed by atoms with E-state index in [0.717, 1.165) is 6.54 Å². The molecule has 1 heterocycles. The standard InChI is InChI=1S/C10H19NO4S/c1-8-6-11(7-9(8)10(12)13)4-3-5-16(2,14)15/h8-9H,3-7H2,1-2H3,(H,12,13)/t8-,9-/m1/s1. The molecule has 0 aromatic carbocycles. The molecule has 2 atom stereocenters. The molecule has 0 saturated carbocycles. The summed E-state index contributed by atoms with van der Waals surface area (Å²) in [5, 5.41) is 8.93. The number of nitrogens with zero attached hydrogens (tertiary/aromatic N) is 1. The van der Waals surface area contributed by atoms with Crippen molar-refractivity contribution in [1.82, 2.24) is 4.90 Å². The Morgan fingerprint density at radius 3 is 2.50 bits per heavy atom. The molecule has 1 N–H and O–H groups in total. The Balaban J connectivity index is 2.34. The minimum Gasteiger partial charge on any atom is -0.481 e. The predicted octanol–water partition coefficient (Wildman–Crippen LogP) is 0.0736. The van der Waals surface area contributed by atoms with Crippen LogP contribution >= 0.6 is 0 Å². The van der Waals surface area contributed by atoms with Crippen LogP contribution < -0.4 is 0 Å². The molecule has 0 unspecified atom stereocenters. The molecular weight excluding hydrogens is 230 g/mol. The molecule has 94 valence electrons. The van der Waals surface area contributed by atoms with Gasteiger partial charge in [-0.25, -0.2) is 8.42 Å². The Hall–Kier alpha value is -0.620. The molecule has 16 heavy (non-hydrogen) atoms. The summed E-state index contributed by atoms with van der Waals surface area (Å²) >= 11 is 0. The largest absolute Gasteiger partial charge is 0.481 e. The Kier molecular flexibility index (Phi) is 4.32. The van der Waals surface area contributed by atoms with E-state index in [2.05, 4.69) is 0 Å². The number of rotatable bonds is 5. The SMILES string of the molecule is C[C@@H]1CN(CCCS(C)(=O)=O)C[C@H]1C(=O)O. The minimum atomic E-state index is -2.90. The number of carboxylic acids is 1. The highest BCUT2D eigenvalue weighted by Crippen LogP contribution is 2.22. The molecule has 1 aliphatic rings. The zero-order chi connectivity index (χ0) is 12.3. The van der Waals surface area contributed by atoms with Crippen LogP contribution in [0.2, 0.25) is 0 Å². The third kappa shape index (κ3) is 4.09. The maximum atomic E-state index is 10.9. The van der Waals surface area contributed by atoms with Crippen molar-refractivity contribution in [1.29, 1.82) is 0 Å². The first-order valence-electron chi connectivity index (χ1n) is 5.42. The summed E-state index contributed by atoms with van der Waals surface area (Å²) in [5.74, 6) is -0.734. The number of sulfone groups is 1. The van der Waals surface area contributed by atoms with Crippen LogP contribution in [0.1, 0.15) is 13.3 Å². The summed E-state index contributed by atoms with van der Waals surface area (Å²) in [7, 11) is -2.90. The van der Waals surface area contributed by atoms with Gasteiger partial charge >= 0.3 is 5.97 Å². The van der Waals surface area contributed by atoms with E-state index in [1.165, 1.54) is 6.26 Å². The van der Waals surface area contributed by atoms with Gasteiger partial charge in [0.2, 0.25) is 0 Å². The van der Waals surface area contributed by atoms with Crippen LogP contribution in [0.15, 0.2) is 0 Å². The first-order chi connectivity index (χ1) is 7.29.